The maximum Gasteiger partial charge on any atom is 0.317 e. The molecule has 0 aromatic heterocycles. The smallest absolute Gasteiger partial charge is 0.317 e. The number of aryl methyl sites for hydroxylation is 1. The standard InChI is InChI=1S/C19H21F2N3O/c1-14-2-4-15(5-3-14)13-22-19(25)24-10-8-23(9-11-24)16-6-7-17(20)18(21)12-16/h2-7,12H,8-11,13H2,1H3,(H,22,25). The van der Waals surface area contributed by atoms with Gasteiger partial charge in [0.2, 0.25) is 0 Å². The van der Waals surface area contributed by atoms with Crippen molar-refractivity contribution in [2.75, 3.05) is 31.1 Å². The van der Waals surface area contributed by atoms with Crippen molar-refractivity contribution < 1.29 is 13.6 Å². The van der Waals surface area contributed by atoms with Crippen molar-refractivity contribution in [2.45, 2.75) is 13.5 Å². The molecule has 1 N–H and O–H groups in total. The fourth-order valence-corrected chi connectivity index (χ4v) is 2.84. The largest absolute Gasteiger partial charge is 0.368 e. The van der Waals surface area contributed by atoms with Crippen LogP contribution in [0, 0.1) is 18.6 Å². The lowest BCUT2D eigenvalue weighted by Gasteiger charge is -2.36. The predicted molar refractivity (Wildman–Crippen MR) is 93.6 cm³/mol. The summed E-state index contributed by atoms with van der Waals surface area (Å²) in [6, 6.07) is 11.8. The lowest BCUT2D eigenvalue weighted by molar-refractivity contribution is 0.194. The highest BCUT2D eigenvalue weighted by Gasteiger charge is 2.21. The van der Waals surface area contributed by atoms with Gasteiger partial charge >= 0.3 is 6.03 Å². The molecule has 0 saturated carbocycles. The minimum Gasteiger partial charge on any atom is -0.368 e. The number of hydrogen-bond acceptors (Lipinski definition) is 2. The van der Waals surface area contributed by atoms with Crippen LogP contribution in [0.25, 0.3) is 0 Å². The van der Waals surface area contributed by atoms with Crippen LogP contribution in [0.4, 0.5) is 19.3 Å². The molecule has 3 rings (SSSR count). The number of benzene rings is 2. The molecule has 1 aliphatic rings. The minimum atomic E-state index is -0.851. The van der Waals surface area contributed by atoms with Crippen molar-refractivity contribution in [3.8, 4) is 0 Å². The molecule has 0 aliphatic carbocycles. The molecule has 0 atom stereocenters. The van der Waals surface area contributed by atoms with Gasteiger partial charge in [-0.05, 0) is 24.6 Å². The Morgan fingerprint density at radius 1 is 1.00 bits per heavy atom. The fourth-order valence-electron chi connectivity index (χ4n) is 2.84. The number of carbonyl (C=O) groups excluding carboxylic acids is 1. The molecule has 1 aliphatic heterocycles. The molecule has 0 radical (unpaired) electrons. The van der Waals surface area contributed by atoms with Crippen LogP contribution in [0.15, 0.2) is 42.5 Å². The van der Waals surface area contributed by atoms with Crippen molar-refractivity contribution >= 4 is 11.7 Å². The van der Waals surface area contributed by atoms with Crippen LogP contribution in [0.1, 0.15) is 11.1 Å². The predicted octanol–water partition coefficient (Wildman–Crippen LogP) is 3.31. The number of hydrogen-bond donors (Lipinski definition) is 1. The molecule has 0 spiro atoms. The first-order chi connectivity index (χ1) is 12.0. The topological polar surface area (TPSA) is 35.6 Å². The van der Waals surface area contributed by atoms with E-state index in [9.17, 15) is 13.6 Å². The van der Waals surface area contributed by atoms with Crippen LogP contribution in [0.2, 0.25) is 0 Å². The Morgan fingerprint density at radius 3 is 2.32 bits per heavy atom. The summed E-state index contributed by atoms with van der Waals surface area (Å²) in [6.45, 7) is 4.76. The van der Waals surface area contributed by atoms with E-state index in [1.807, 2.05) is 36.1 Å². The van der Waals surface area contributed by atoms with E-state index < -0.39 is 11.6 Å². The molecule has 2 amide bonds. The number of rotatable bonds is 3. The Balaban J connectivity index is 1.50. The number of urea groups is 1. The third-order valence-corrected chi connectivity index (χ3v) is 4.40. The maximum absolute atomic E-state index is 13.3. The molecule has 1 heterocycles. The zero-order chi connectivity index (χ0) is 17.8. The van der Waals surface area contributed by atoms with E-state index >= 15 is 0 Å². The van der Waals surface area contributed by atoms with Crippen LogP contribution in [0.3, 0.4) is 0 Å². The molecule has 1 saturated heterocycles. The fraction of sp³-hybridized carbons (Fsp3) is 0.316. The number of amides is 2. The van der Waals surface area contributed by atoms with Gasteiger partial charge in [-0.2, -0.15) is 0 Å². The monoisotopic (exact) mass is 345 g/mol. The Labute approximate surface area is 146 Å². The first-order valence-electron chi connectivity index (χ1n) is 8.31. The van der Waals surface area contributed by atoms with Gasteiger partial charge in [-0.25, -0.2) is 13.6 Å². The van der Waals surface area contributed by atoms with Crippen LogP contribution in [-0.4, -0.2) is 37.1 Å². The van der Waals surface area contributed by atoms with Gasteiger partial charge in [0.15, 0.2) is 11.6 Å². The summed E-state index contributed by atoms with van der Waals surface area (Å²) < 4.78 is 26.4. The molecular weight excluding hydrogens is 324 g/mol. The highest BCUT2D eigenvalue weighted by molar-refractivity contribution is 5.74. The van der Waals surface area contributed by atoms with Crippen LogP contribution >= 0.6 is 0 Å². The number of nitrogens with one attached hydrogen (secondary N) is 1. The van der Waals surface area contributed by atoms with Gasteiger partial charge in [-0.3, -0.25) is 0 Å². The Morgan fingerprint density at radius 2 is 1.68 bits per heavy atom. The molecule has 6 heteroatoms. The summed E-state index contributed by atoms with van der Waals surface area (Å²) in [5.74, 6) is -1.70. The van der Waals surface area contributed by atoms with Crippen molar-refractivity contribution in [1.82, 2.24) is 10.2 Å². The molecule has 4 nitrogen and oxygen atoms in total. The Bertz CT molecular complexity index is 741. The van der Waals surface area contributed by atoms with Crippen molar-refractivity contribution in [3.05, 3.63) is 65.2 Å². The van der Waals surface area contributed by atoms with Gasteiger partial charge in [0.25, 0.3) is 0 Å². The molecule has 0 unspecified atom stereocenters. The van der Waals surface area contributed by atoms with Crippen molar-refractivity contribution in [3.63, 3.8) is 0 Å². The summed E-state index contributed by atoms with van der Waals surface area (Å²) in [5, 5.41) is 2.92. The summed E-state index contributed by atoms with van der Waals surface area (Å²) >= 11 is 0. The summed E-state index contributed by atoms with van der Waals surface area (Å²) in [7, 11) is 0. The number of nitrogens with zero attached hydrogens (tertiary/aromatic N) is 2. The van der Waals surface area contributed by atoms with Crippen LogP contribution in [-0.2, 0) is 6.54 Å². The van der Waals surface area contributed by atoms with Gasteiger partial charge in [0, 0.05) is 44.5 Å². The first-order valence-corrected chi connectivity index (χ1v) is 8.31. The number of piperazine rings is 1. The van der Waals surface area contributed by atoms with Crippen molar-refractivity contribution in [2.24, 2.45) is 0 Å². The second kappa shape index (κ2) is 7.51. The molecule has 1 fully saturated rings. The van der Waals surface area contributed by atoms with Gasteiger partial charge in [-0.1, -0.05) is 29.8 Å². The van der Waals surface area contributed by atoms with Crippen molar-refractivity contribution in [1.29, 1.82) is 0 Å². The molecule has 2 aromatic rings. The number of anilines is 1. The second-order valence-electron chi connectivity index (χ2n) is 6.22. The average molecular weight is 345 g/mol. The van der Waals surface area contributed by atoms with E-state index in [1.54, 1.807) is 11.0 Å². The van der Waals surface area contributed by atoms with Crippen LogP contribution in [0.5, 0.6) is 0 Å². The SMILES string of the molecule is Cc1ccc(CNC(=O)N2CCN(c3ccc(F)c(F)c3)CC2)cc1. The summed E-state index contributed by atoms with van der Waals surface area (Å²) in [4.78, 5) is 16.0. The van der Waals surface area contributed by atoms with E-state index in [1.165, 1.54) is 11.6 Å². The van der Waals surface area contributed by atoms with E-state index in [0.717, 1.165) is 11.6 Å². The third-order valence-electron chi connectivity index (χ3n) is 4.40. The average Bonchev–Trinajstić information content (AvgIpc) is 2.63. The third kappa shape index (κ3) is 4.26. The zero-order valence-electron chi connectivity index (χ0n) is 14.1. The van der Waals surface area contributed by atoms with E-state index in [4.69, 9.17) is 0 Å². The summed E-state index contributed by atoms with van der Waals surface area (Å²) in [5.41, 5.74) is 2.88. The first kappa shape index (κ1) is 17.2. The van der Waals surface area contributed by atoms with Gasteiger partial charge in [0.1, 0.15) is 0 Å². The lowest BCUT2D eigenvalue weighted by atomic mass is 10.1. The summed E-state index contributed by atoms with van der Waals surface area (Å²) in [6.07, 6.45) is 0. The molecular formula is C19H21F2N3O. The highest BCUT2D eigenvalue weighted by Crippen LogP contribution is 2.19. The van der Waals surface area contributed by atoms with Gasteiger partial charge in [-0.15, -0.1) is 0 Å². The molecule has 2 aromatic carbocycles. The van der Waals surface area contributed by atoms with E-state index in [0.29, 0.717) is 38.4 Å². The molecule has 132 valence electrons. The lowest BCUT2D eigenvalue weighted by Crippen LogP contribution is -2.51. The van der Waals surface area contributed by atoms with E-state index in [2.05, 4.69) is 5.32 Å². The molecule has 25 heavy (non-hydrogen) atoms. The van der Waals surface area contributed by atoms with Gasteiger partial charge < -0.3 is 15.1 Å². The zero-order valence-corrected chi connectivity index (χ0v) is 14.1. The second-order valence-corrected chi connectivity index (χ2v) is 6.22. The number of halogens is 2. The maximum atomic E-state index is 13.3. The number of carbonyl (C=O) groups is 1. The Kier molecular flexibility index (Phi) is 5.16. The highest BCUT2D eigenvalue weighted by atomic mass is 19.2. The quantitative estimate of drug-likeness (QED) is 0.926. The molecule has 0 bridgehead atoms. The normalized spacial score (nSPS) is 14.5. The minimum absolute atomic E-state index is 0.106. The van der Waals surface area contributed by atoms with Crippen LogP contribution < -0.4 is 10.2 Å². The van der Waals surface area contributed by atoms with E-state index in [-0.39, 0.29) is 6.03 Å². The Hall–Kier alpha value is -2.63. The van der Waals surface area contributed by atoms with Gasteiger partial charge in [0.05, 0.1) is 0 Å².